The maximum Gasteiger partial charge on any atom is 0.327 e. The van der Waals surface area contributed by atoms with Crippen LogP contribution in [0.5, 0.6) is 0 Å². The average Bonchev–Trinajstić information content (AvgIpc) is 2.98. The fraction of sp³-hybridized carbons (Fsp3) is 0.526. The van der Waals surface area contributed by atoms with E-state index in [-0.39, 0.29) is 17.2 Å². The monoisotopic (exact) mass is 389 g/mol. The number of β-lactam (4-membered cyclic amide) rings is 1. The molecule has 2 amide bonds. The molecule has 0 radical (unpaired) electrons. The van der Waals surface area contributed by atoms with Gasteiger partial charge in [-0.15, -0.1) is 11.8 Å². The highest BCUT2D eigenvalue weighted by Gasteiger charge is 2.68. The molecule has 4 atom stereocenters. The molecule has 3 saturated heterocycles. The summed E-state index contributed by atoms with van der Waals surface area (Å²) in [6, 6.07) is 7.37. The fourth-order valence-electron chi connectivity index (χ4n) is 4.49. The minimum atomic E-state index is -1.01. The zero-order valence-corrected chi connectivity index (χ0v) is 16.5. The Morgan fingerprint density at radius 3 is 2.33 bits per heavy atom. The van der Waals surface area contributed by atoms with Crippen LogP contribution in [0.1, 0.15) is 39.3 Å². The molecule has 144 valence electrons. The van der Waals surface area contributed by atoms with E-state index in [4.69, 9.17) is 0 Å². The van der Waals surface area contributed by atoms with E-state index in [1.807, 2.05) is 58.0 Å². The molecule has 3 fully saturated rings. The zero-order valence-electron chi connectivity index (χ0n) is 15.7. The summed E-state index contributed by atoms with van der Waals surface area (Å²) in [6.07, 6.45) is 0. The first kappa shape index (κ1) is 18.3. The van der Waals surface area contributed by atoms with Crippen LogP contribution in [-0.4, -0.2) is 60.6 Å². The lowest BCUT2D eigenvalue weighted by Crippen LogP contribution is -2.73. The maximum absolute atomic E-state index is 13.2. The number of hydrogen-bond acceptors (Lipinski definition) is 5. The van der Waals surface area contributed by atoms with Gasteiger partial charge in [-0.3, -0.25) is 14.9 Å². The molecule has 1 aromatic carbocycles. The Kier molecular flexibility index (Phi) is 3.88. The molecule has 0 saturated carbocycles. The number of nitrogens with one attached hydrogen (secondary N) is 1. The van der Waals surface area contributed by atoms with Gasteiger partial charge in [-0.05, 0) is 33.3 Å². The summed E-state index contributed by atoms with van der Waals surface area (Å²) < 4.78 is -0.611. The van der Waals surface area contributed by atoms with Crippen LogP contribution in [0.15, 0.2) is 30.3 Å². The lowest BCUT2D eigenvalue weighted by Gasteiger charge is -2.50. The highest BCUT2D eigenvalue weighted by molar-refractivity contribution is 8.01. The van der Waals surface area contributed by atoms with E-state index in [0.717, 1.165) is 5.56 Å². The van der Waals surface area contributed by atoms with Gasteiger partial charge in [-0.2, -0.15) is 0 Å². The Morgan fingerprint density at radius 1 is 1.11 bits per heavy atom. The Morgan fingerprint density at radius 2 is 1.74 bits per heavy atom. The standard InChI is InChI=1S/C19H23N3O4S/c1-18(2)13(17(25)26)21-15(24)12(16(21)27-18)22-14(23)11(20-19(22,3)4)10-8-6-5-7-9-10/h5-9,11-13,16,20H,1-4H3,(H,25,26)/t11?,12-,13-,16+/m0/s1. The first-order chi connectivity index (χ1) is 12.6. The molecular weight excluding hydrogens is 366 g/mol. The van der Waals surface area contributed by atoms with Gasteiger partial charge < -0.3 is 14.9 Å². The van der Waals surface area contributed by atoms with Crippen LogP contribution in [0, 0.1) is 0 Å². The number of aliphatic carboxylic acids is 1. The molecule has 27 heavy (non-hydrogen) atoms. The second-order valence-corrected chi connectivity index (χ2v) is 10.1. The molecular formula is C19H23N3O4S. The van der Waals surface area contributed by atoms with Gasteiger partial charge in [-0.1, -0.05) is 30.3 Å². The van der Waals surface area contributed by atoms with Crippen LogP contribution in [0.3, 0.4) is 0 Å². The second-order valence-electron chi connectivity index (χ2n) is 8.30. The van der Waals surface area contributed by atoms with Gasteiger partial charge in [0.2, 0.25) is 11.8 Å². The van der Waals surface area contributed by atoms with Crippen molar-refractivity contribution in [2.45, 2.75) is 61.6 Å². The van der Waals surface area contributed by atoms with E-state index in [2.05, 4.69) is 5.32 Å². The summed E-state index contributed by atoms with van der Waals surface area (Å²) in [6.45, 7) is 7.43. The third-order valence-electron chi connectivity index (χ3n) is 5.64. The Hall–Kier alpha value is -2.06. The second kappa shape index (κ2) is 5.72. The van der Waals surface area contributed by atoms with Crippen molar-refractivity contribution in [3.05, 3.63) is 35.9 Å². The van der Waals surface area contributed by atoms with E-state index >= 15 is 0 Å². The molecule has 1 aromatic rings. The Balaban J connectivity index is 1.65. The Labute approximate surface area is 162 Å². The van der Waals surface area contributed by atoms with Gasteiger partial charge >= 0.3 is 5.97 Å². The molecule has 7 nitrogen and oxygen atoms in total. The Bertz CT molecular complexity index is 826. The van der Waals surface area contributed by atoms with Crippen molar-refractivity contribution in [3.63, 3.8) is 0 Å². The van der Waals surface area contributed by atoms with Crippen molar-refractivity contribution in [1.82, 2.24) is 15.1 Å². The first-order valence-electron chi connectivity index (χ1n) is 8.95. The number of thioether (sulfide) groups is 1. The van der Waals surface area contributed by atoms with Crippen molar-refractivity contribution in [1.29, 1.82) is 0 Å². The number of carbonyl (C=O) groups excluding carboxylic acids is 2. The van der Waals surface area contributed by atoms with E-state index in [1.165, 1.54) is 16.7 Å². The number of carbonyl (C=O) groups is 3. The van der Waals surface area contributed by atoms with Gasteiger partial charge in [0.25, 0.3) is 0 Å². The maximum atomic E-state index is 13.2. The lowest BCUT2D eigenvalue weighted by molar-refractivity contribution is -0.170. The number of carboxylic acid groups (broad SMARTS) is 1. The van der Waals surface area contributed by atoms with E-state index in [9.17, 15) is 19.5 Å². The van der Waals surface area contributed by atoms with Crippen LogP contribution >= 0.6 is 11.8 Å². The number of carboxylic acids is 1. The van der Waals surface area contributed by atoms with Gasteiger partial charge in [0, 0.05) is 4.75 Å². The zero-order chi connectivity index (χ0) is 19.7. The summed E-state index contributed by atoms with van der Waals surface area (Å²) in [5.41, 5.74) is 0.139. The molecule has 0 aliphatic carbocycles. The quantitative estimate of drug-likeness (QED) is 0.760. The van der Waals surface area contributed by atoms with Crippen LogP contribution in [-0.2, 0) is 14.4 Å². The predicted octanol–water partition coefficient (Wildman–Crippen LogP) is 1.41. The third-order valence-corrected chi connectivity index (χ3v) is 7.20. The molecule has 3 heterocycles. The van der Waals surface area contributed by atoms with Crippen molar-refractivity contribution >= 4 is 29.5 Å². The van der Waals surface area contributed by atoms with Crippen LogP contribution in [0.4, 0.5) is 0 Å². The number of hydrogen-bond donors (Lipinski definition) is 2. The summed E-state index contributed by atoms with van der Waals surface area (Å²) in [5, 5.41) is 12.6. The normalized spacial score (nSPS) is 33.8. The highest BCUT2D eigenvalue weighted by atomic mass is 32.2. The smallest absolute Gasteiger partial charge is 0.327 e. The van der Waals surface area contributed by atoms with Crippen molar-refractivity contribution in [3.8, 4) is 0 Å². The predicted molar refractivity (Wildman–Crippen MR) is 101 cm³/mol. The molecule has 4 rings (SSSR count). The van der Waals surface area contributed by atoms with E-state index < -0.39 is 34.5 Å². The molecule has 0 bridgehead atoms. The average molecular weight is 389 g/mol. The number of rotatable bonds is 3. The first-order valence-corrected chi connectivity index (χ1v) is 9.83. The van der Waals surface area contributed by atoms with Gasteiger partial charge in [-0.25, -0.2) is 4.79 Å². The number of fused-ring (bicyclic) bond motifs is 1. The number of nitrogens with zero attached hydrogens (tertiary/aromatic N) is 2. The van der Waals surface area contributed by atoms with Crippen molar-refractivity contribution < 1.29 is 19.5 Å². The van der Waals surface area contributed by atoms with Crippen LogP contribution < -0.4 is 5.32 Å². The molecule has 1 unspecified atom stereocenters. The lowest BCUT2D eigenvalue weighted by atomic mass is 9.94. The number of benzene rings is 1. The van der Waals surface area contributed by atoms with Crippen LogP contribution in [0.2, 0.25) is 0 Å². The topological polar surface area (TPSA) is 90.0 Å². The molecule has 2 N–H and O–H groups in total. The minimum Gasteiger partial charge on any atom is -0.480 e. The van der Waals surface area contributed by atoms with Crippen LogP contribution in [0.25, 0.3) is 0 Å². The summed E-state index contributed by atoms with van der Waals surface area (Å²) >= 11 is 1.46. The molecule has 0 spiro atoms. The summed E-state index contributed by atoms with van der Waals surface area (Å²) in [5.74, 6) is -1.45. The highest BCUT2D eigenvalue weighted by Crippen LogP contribution is 2.53. The largest absolute Gasteiger partial charge is 0.480 e. The molecule has 0 aromatic heterocycles. The summed E-state index contributed by atoms with van der Waals surface area (Å²) in [4.78, 5) is 40.9. The third kappa shape index (κ3) is 2.50. The molecule has 3 aliphatic heterocycles. The van der Waals surface area contributed by atoms with Crippen molar-refractivity contribution in [2.24, 2.45) is 0 Å². The fourth-order valence-corrected chi connectivity index (χ4v) is 6.16. The van der Waals surface area contributed by atoms with Gasteiger partial charge in [0.1, 0.15) is 23.5 Å². The van der Waals surface area contributed by atoms with Gasteiger partial charge in [0.15, 0.2) is 0 Å². The molecule has 3 aliphatic rings. The van der Waals surface area contributed by atoms with E-state index in [0.29, 0.717) is 0 Å². The van der Waals surface area contributed by atoms with E-state index in [1.54, 1.807) is 4.90 Å². The number of amides is 2. The SMILES string of the molecule is CC1(C)S[C@@H]2[C@@H](N3C(=O)C(c4ccccc4)NC3(C)C)C(=O)N2[C@H]1C(=O)O. The summed E-state index contributed by atoms with van der Waals surface area (Å²) in [7, 11) is 0. The van der Waals surface area contributed by atoms with Crippen molar-refractivity contribution in [2.75, 3.05) is 0 Å². The van der Waals surface area contributed by atoms with Gasteiger partial charge in [0.05, 0.1) is 5.66 Å². The molecule has 8 heteroatoms. The minimum absolute atomic E-state index is 0.151.